The number of nitrogens with zero attached hydrogens (tertiary/aromatic N) is 4. The van der Waals surface area contributed by atoms with Gasteiger partial charge in [-0.25, -0.2) is 0 Å². The summed E-state index contributed by atoms with van der Waals surface area (Å²) in [5.74, 6) is -1.04. The van der Waals surface area contributed by atoms with E-state index in [0.29, 0.717) is 22.0 Å². The van der Waals surface area contributed by atoms with Crippen molar-refractivity contribution >= 4 is 46.0 Å². The van der Waals surface area contributed by atoms with Gasteiger partial charge in [-0.15, -0.1) is 5.10 Å². The Balaban J connectivity index is 1.38. The largest absolute Gasteiger partial charge is 0.340 e. The zero-order chi connectivity index (χ0) is 28.1. The van der Waals surface area contributed by atoms with E-state index in [1.165, 1.54) is 35.3 Å². The van der Waals surface area contributed by atoms with Gasteiger partial charge in [-0.3, -0.25) is 29.4 Å². The number of aromatic amines is 2. The third-order valence-electron chi connectivity index (χ3n) is 5.98. The van der Waals surface area contributed by atoms with Crippen molar-refractivity contribution in [1.82, 2.24) is 35.7 Å². The standard InChI is InChI=1S/C27H21ClN8O4/c28-18-7-10-23(36-15-29-34-35-36)17(13-18)6-11-24(37)31-22(12-16-4-2-1-3-5-16)27(40)30-19-8-9-20-21(14-19)26(39)33-32-25(20)38/h1-11,13-15,22H,12H2,(H,30,40)(H,31,37)(H,32,38)(H,33,39)/t22-/m0/s1. The van der Waals surface area contributed by atoms with Crippen molar-refractivity contribution < 1.29 is 9.59 Å². The Morgan fingerprint density at radius 1 is 0.975 bits per heavy atom. The van der Waals surface area contributed by atoms with Gasteiger partial charge in [0.25, 0.3) is 11.1 Å². The van der Waals surface area contributed by atoms with E-state index in [9.17, 15) is 19.2 Å². The molecule has 40 heavy (non-hydrogen) atoms. The summed E-state index contributed by atoms with van der Waals surface area (Å²) in [6.45, 7) is 0. The van der Waals surface area contributed by atoms with Gasteiger partial charge in [0.05, 0.1) is 16.5 Å². The molecule has 0 radical (unpaired) electrons. The highest BCUT2D eigenvalue weighted by atomic mass is 35.5. The summed E-state index contributed by atoms with van der Waals surface area (Å²) in [4.78, 5) is 50.5. The van der Waals surface area contributed by atoms with Crippen LogP contribution >= 0.6 is 11.6 Å². The monoisotopic (exact) mass is 556 g/mol. The number of H-pyrrole nitrogens is 2. The number of aromatic nitrogens is 6. The molecule has 13 heteroatoms. The van der Waals surface area contributed by atoms with Gasteiger partial charge in [-0.2, -0.15) is 4.68 Å². The predicted molar refractivity (Wildman–Crippen MR) is 149 cm³/mol. The second-order valence-electron chi connectivity index (χ2n) is 8.70. The number of carbonyl (C=O) groups excluding carboxylic acids is 2. The zero-order valence-corrected chi connectivity index (χ0v) is 21.4. The molecule has 0 aliphatic rings. The molecule has 200 valence electrons. The highest BCUT2D eigenvalue weighted by Gasteiger charge is 2.21. The van der Waals surface area contributed by atoms with Crippen LogP contribution in [0.25, 0.3) is 22.5 Å². The third kappa shape index (κ3) is 6.03. The van der Waals surface area contributed by atoms with Crippen LogP contribution in [0.5, 0.6) is 0 Å². The fourth-order valence-corrected chi connectivity index (χ4v) is 4.25. The van der Waals surface area contributed by atoms with Crippen LogP contribution in [0.2, 0.25) is 5.02 Å². The minimum absolute atomic E-state index is 0.119. The van der Waals surface area contributed by atoms with Crippen LogP contribution in [-0.2, 0) is 16.0 Å². The van der Waals surface area contributed by atoms with Crippen LogP contribution in [0.1, 0.15) is 11.1 Å². The van der Waals surface area contributed by atoms with Crippen LogP contribution < -0.4 is 21.8 Å². The summed E-state index contributed by atoms with van der Waals surface area (Å²) in [5.41, 5.74) is 1.33. The van der Waals surface area contributed by atoms with Gasteiger partial charge < -0.3 is 10.6 Å². The smallest absolute Gasteiger partial charge is 0.270 e. The van der Waals surface area contributed by atoms with Gasteiger partial charge >= 0.3 is 0 Å². The molecule has 0 aliphatic carbocycles. The SMILES string of the molecule is O=C(C=Cc1cc(Cl)ccc1-n1cnnn1)N[C@@H](Cc1ccccc1)C(=O)Nc1ccc2c(=O)[nH][nH]c(=O)c2c1. The first-order valence-corrected chi connectivity index (χ1v) is 12.4. The van der Waals surface area contributed by atoms with E-state index < -0.39 is 29.0 Å². The first kappa shape index (κ1) is 26.3. The number of amides is 2. The molecule has 2 heterocycles. The molecule has 0 unspecified atom stereocenters. The molecule has 1 atom stereocenters. The van der Waals surface area contributed by atoms with E-state index in [-0.39, 0.29) is 17.2 Å². The van der Waals surface area contributed by atoms with Crippen molar-refractivity contribution in [3.63, 3.8) is 0 Å². The number of halogens is 1. The van der Waals surface area contributed by atoms with Crippen LogP contribution in [0.3, 0.4) is 0 Å². The summed E-state index contributed by atoms with van der Waals surface area (Å²) < 4.78 is 1.43. The van der Waals surface area contributed by atoms with Crippen molar-refractivity contribution in [3.05, 3.63) is 116 Å². The van der Waals surface area contributed by atoms with E-state index in [2.05, 4.69) is 36.4 Å². The molecular weight excluding hydrogens is 536 g/mol. The number of fused-ring (bicyclic) bond motifs is 1. The van der Waals surface area contributed by atoms with Crippen LogP contribution in [0.15, 0.2) is 88.7 Å². The topological polar surface area (TPSA) is 168 Å². The maximum absolute atomic E-state index is 13.3. The number of carbonyl (C=O) groups is 2. The van der Waals surface area contributed by atoms with Gasteiger partial charge in [-0.1, -0.05) is 41.9 Å². The number of rotatable bonds is 8. The van der Waals surface area contributed by atoms with Gasteiger partial charge in [0.2, 0.25) is 11.8 Å². The molecule has 3 aromatic carbocycles. The average Bonchev–Trinajstić information content (AvgIpc) is 3.49. The van der Waals surface area contributed by atoms with Crippen molar-refractivity contribution in [2.75, 3.05) is 5.32 Å². The number of nitrogens with one attached hydrogen (secondary N) is 4. The summed E-state index contributed by atoms with van der Waals surface area (Å²) in [6.07, 6.45) is 4.44. The fourth-order valence-electron chi connectivity index (χ4n) is 4.07. The second-order valence-corrected chi connectivity index (χ2v) is 9.14. The first-order valence-electron chi connectivity index (χ1n) is 12.0. The highest BCUT2D eigenvalue weighted by Crippen LogP contribution is 2.20. The van der Waals surface area contributed by atoms with Crippen molar-refractivity contribution in [2.45, 2.75) is 12.5 Å². The lowest BCUT2D eigenvalue weighted by molar-refractivity contribution is -0.123. The van der Waals surface area contributed by atoms with Gasteiger partial charge in [0.15, 0.2) is 0 Å². The molecule has 2 amide bonds. The van der Waals surface area contributed by atoms with Crippen molar-refractivity contribution in [3.8, 4) is 5.69 Å². The first-order chi connectivity index (χ1) is 19.4. The highest BCUT2D eigenvalue weighted by molar-refractivity contribution is 6.30. The molecule has 0 fully saturated rings. The molecule has 0 spiro atoms. The minimum Gasteiger partial charge on any atom is -0.340 e. The van der Waals surface area contributed by atoms with Crippen LogP contribution in [0.4, 0.5) is 5.69 Å². The number of anilines is 1. The molecule has 0 bridgehead atoms. The molecule has 5 aromatic rings. The van der Waals surface area contributed by atoms with E-state index in [0.717, 1.165) is 5.56 Å². The quantitative estimate of drug-likeness (QED) is 0.212. The molecule has 12 nitrogen and oxygen atoms in total. The van der Waals surface area contributed by atoms with Crippen molar-refractivity contribution in [2.24, 2.45) is 0 Å². The summed E-state index contributed by atoms with van der Waals surface area (Å²) in [6, 6.07) is 17.6. The van der Waals surface area contributed by atoms with Gasteiger partial charge in [0, 0.05) is 28.8 Å². The summed E-state index contributed by atoms with van der Waals surface area (Å²) in [5, 5.41) is 21.9. The molecule has 0 saturated heterocycles. The Morgan fingerprint density at radius 2 is 1.75 bits per heavy atom. The van der Waals surface area contributed by atoms with E-state index >= 15 is 0 Å². The van der Waals surface area contributed by atoms with Crippen LogP contribution in [-0.4, -0.2) is 48.3 Å². The second kappa shape index (κ2) is 11.6. The van der Waals surface area contributed by atoms with E-state index in [1.807, 2.05) is 30.3 Å². The molecule has 2 aromatic heterocycles. The summed E-state index contributed by atoms with van der Waals surface area (Å²) >= 11 is 6.15. The third-order valence-corrected chi connectivity index (χ3v) is 6.22. The van der Waals surface area contributed by atoms with Gasteiger partial charge in [0.1, 0.15) is 12.4 Å². The zero-order valence-electron chi connectivity index (χ0n) is 20.7. The number of hydrogen-bond donors (Lipinski definition) is 4. The van der Waals surface area contributed by atoms with Crippen LogP contribution in [0, 0.1) is 0 Å². The Labute approximate surface area is 230 Å². The molecule has 0 aliphatic heterocycles. The molecular formula is C27H21ClN8O4. The maximum Gasteiger partial charge on any atom is 0.270 e. The van der Waals surface area contributed by atoms with E-state index in [4.69, 9.17) is 11.6 Å². The Kier molecular flexibility index (Phi) is 7.60. The Morgan fingerprint density at radius 3 is 2.50 bits per heavy atom. The maximum atomic E-state index is 13.3. The number of benzene rings is 3. The molecule has 5 rings (SSSR count). The fraction of sp³-hybridized carbons (Fsp3) is 0.0741. The number of tetrazole rings is 1. The minimum atomic E-state index is -0.967. The lowest BCUT2D eigenvalue weighted by Gasteiger charge is -2.18. The lowest BCUT2D eigenvalue weighted by Crippen LogP contribution is -2.44. The van der Waals surface area contributed by atoms with E-state index in [1.54, 1.807) is 24.3 Å². The lowest BCUT2D eigenvalue weighted by atomic mass is 10.0. The van der Waals surface area contributed by atoms with Gasteiger partial charge in [-0.05, 0) is 58.5 Å². The number of hydrogen-bond acceptors (Lipinski definition) is 7. The molecule has 0 saturated carbocycles. The summed E-state index contributed by atoms with van der Waals surface area (Å²) in [7, 11) is 0. The molecule has 4 N–H and O–H groups in total. The Bertz CT molecular complexity index is 1830. The Hall–Kier alpha value is -5.36. The van der Waals surface area contributed by atoms with Crippen molar-refractivity contribution in [1.29, 1.82) is 0 Å². The predicted octanol–water partition coefficient (Wildman–Crippen LogP) is 2.22. The average molecular weight is 557 g/mol. The normalized spacial score (nSPS) is 11.9.